The Bertz CT molecular complexity index is 250. The topological polar surface area (TPSA) is 55.5 Å². The van der Waals surface area contributed by atoms with Crippen LogP contribution in [-0.4, -0.2) is 18.8 Å². The van der Waals surface area contributed by atoms with Crippen LogP contribution in [0.3, 0.4) is 0 Å². The zero-order chi connectivity index (χ0) is 8.97. The van der Waals surface area contributed by atoms with Gasteiger partial charge in [0.15, 0.2) is 0 Å². The molecule has 1 aromatic rings. The van der Waals surface area contributed by atoms with Crippen molar-refractivity contribution in [2.45, 2.75) is 6.10 Å². The fourth-order valence-corrected chi connectivity index (χ4v) is 1.07. The molecule has 1 atom stereocenters. The zero-order valence-corrected chi connectivity index (χ0v) is 7.03. The molecule has 0 aromatic heterocycles. The van der Waals surface area contributed by atoms with Crippen molar-refractivity contribution >= 4 is 0 Å². The van der Waals surface area contributed by atoms with E-state index in [-0.39, 0.29) is 6.54 Å². The van der Waals surface area contributed by atoms with Crippen LogP contribution in [-0.2, 0) is 0 Å². The van der Waals surface area contributed by atoms with Gasteiger partial charge in [0.05, 0.1) is 13.2 Å². The third kappa shape index (κ3) is 1.75. The number of benzene rings is 1. The Labute approximate surface area is 71.8 Å². The highest BCUT2D eigenvalue weighted by Crippen LogP contribution is 2.23. The molecule has 1 rings (SSSR count). The van der Waals surface area contributed by atoms with Crippen LogP contribution < -0.4 is 10.5 Å². The molecule has 0 saturated heterocycles. The molecule has 0 bridgehead atoms. The molecule has 0 heterocycles. The first kappa shape index (κ1) is 9.03. The third-order valence-electron chi connectivity index (χ3n) is 1.72. The highest BCUT2D eigenvalue weighted by atomic mass is 16.5. The Balaban J connectivity index is 2.96. The number of aliphatic hydroxyl groups is 1. The van der Waals surface area contributed by atoms with E-state index in [9.17, 15) is 5.11 Å². The van der Waals surface area contributed by atoms with Crippen molar-refractivity contribution in [2.24, 2.45) is 5.73 Å². The van der Waals surface area contributed by atoms with Gasteiger partial charge in [0.25, 0.3) is 0 Å². The summed E-state index contributed by atoms with van der Waals surface area (Å²) >= 11 is 0. The van der Waals surface area contributed by atoms with E-state index in [1.165, 1.54) is 0 Å². The van der Waals surface area contributed by atoms with Gasteiger partial charge in [-0.05, 0) is 6.07 Å². The minimum atomic E-state index is -0.638. The first-order valence-corrected chi connectivity index (χ1v) is 3.80. The normalized spacial score (nSPS) is 12.6. The second-order valence-corrected chi connectivity index (χ2v) is 2.49. The van der Waals surface area contributed by atoms with E-state index >= 15 is 0 Å². The second-order valence-electron chi connectivity index (χ2n) is 2.49. The van der Waals surface area contributed by atoms with Crippen LogP contribution in [0.2, 0.25) is 0 Å². The Kier molecular flexibility index (Phi) is 3.08. The van der Waals surface area contributed by atoms with Crippen LogP contribution in [0.15, 0.2) is 24.3 Å². The molecule has 0 unspecified atom stereocenters. The molecule has 3 N–H and O–H groups in total. The predicted molar refractivity (Wildman–Crippen MR) is 47.0 cm³/mol. The average molecular weight is 167 g/mol. The maximum absolute atomic E-state index is 9.44. The monoisotopic (exact) mass is 167 g/mol. The maximum atomic E-state index is 9.44. The summed E-state index contributed by atoms with van der Waals surface area (Å²) in [5, 5.41) is 9.44. The van der Waals surface area contributed by atoms with Gasteiger partial charge in [0, 0.05) is 12.1 Å². The predicted octanol–water partition coefficient (Wildman–Crippen LogP) is 0.687. The van der Waals surface area contributed by atoms with Crippen molar-refractivity contribution < 1.29 is 9.84 Å². The van der Waals surface area contributed by atoms with E-state index < -0.39 is 6.10 Å². The maximum Gasteiger partial charge on any atom is 0.124 e. The van der Waals surface area contributed by atoms with E-state index in [1.54, 1.807) is 19.2 Å². The SMILES string of the molecule is COc1ccccc1[C@@H](O)CN. The molecule has 12 heavy (non-hydrogen) atoms. The number of rotatable bonds is 3. The molecular formula is C9H13NO2. The lowest BCUT2D eigenvalue weighted by molar-refractivity contribution is 0.182. The molecule has 0 saturated carbocycles. The van der Waals surface area contributed by atoms with Crippen molar-refractivity contribution in [3.8, 4) is 5.75 Å². The largest absolute Gasteiger partial charge is 0.496 e. The Morgan fingerprint density at radius 2 is 2.17 bits per heavy atom. The van der Waals surface area contributed by atoms with Gasteiger partial charge >= 0.3 is 0 Å². The van der Waals surface area contributed by atoms with Gasteiger partial charge < -0.3 is 15.6 Å². The Hall–Kier alpha value is -1.06. The van der Waals surface area contributed by atoms with Crippen LogP contribution in [0, 0.1) is 0 Å². The van der Waals surface area contributed by atoms with Gasteiger partial charge in [-0.15, -0.1) is 0 Å². The summed E-state index contributed by atoms with van der Waals surface area (Å²) in [6.07, 6.45) is -0.638. The summed E-state index contributed by atoms with van der Waals surface area (Å²) in [5.74, 6) is 0.676. The number of methoxy groups -OCH3 is 1. The molecule has 0 aliphatic rings. The molecule has 0 radical (unpaired) electrons. The zero-order valence-electron chi connectivity index (χ0n) is 7.03. The lowest BCUT2D eigenvalue weighted by Gasteiger charge is -2.11. The lowest BCUT2D eigenvalue weighted by atomic mass is 10.1. The molecule has 3 heteroatoms. The van der Waals surface area contributed by atoms with Crippen molar-refractivity contribution in [1.82, 2.24) is 0 Å². The summed E-state index contributed by atoms with van der Waals surface area (Å²) < 4.78 is 5.05. The fraction of sp³-hybridized carbons (Fsp3) is 0.333. The van der Waals surface area contributed by atoms with E-state index in [2.05, 4.69) is 0 Å². The molecule has 1 aromatic carbocycles. The minimum absolute atomic E-state index is 0.209. The van der Waals surface area contributed by atoms with Crippen LogP contribution in [0.5, 0.6) is 5.75 Å². The van der Waals surface area contributed by atoms with Crippen LogP contribution in [0.4, 0.5) is 0 Å². The van der Waals surface area contributed by atoms with Crippen molar-refractivity contribution in [3.05, 3.63) is 29.8 Å². The summed E-state index contributed by atoms with van der Waals surface area (Å²) in [6.45, 7) is 0.209. The molecule has 0 amide bonds. The molecule has 0 aliphatic heterocycles. The van der Waals surface area contributed by atoms with E-state index in [0.717, 1.165) is 5.56 Å². The van der Waals surface area contributed by atoms with Gasteiger partial charge in [0.1, 0.15) is 5.75 Å². The summed E-state index contributed by atoms with van der Waals surface area (Å²) in [6, 6.07) is 7.30. The Morgan fingerprint density at radius 1 is 1.50 bits per heavy atom. The van der Waals surface area contributed by atoms with Crippen molar-refractivity contribution in [1.29, 1.82) is 0 Å². The molecule has 0 spiro atoms. The molecule has 66 valence electrons. The second kappa shape index (κ2) is 4.09. The molecule has 0 fully saturated rings. The van der Waals surface area contributed by atoms with E-state index in [1.807, 2.05) is 12.1 Å². The summed E-state index contributed by atoms with van der Waals surface area (Å²) in [5.41, 5.74) is 6.06. The number of hydrogen-bond acceptors (Lipinski definition) is 3. The van der Waals surface area contributed by atoms with Gasteiger partial charge in [-0.25, -0.2) is 0 Å². The quantitative estimate of drug-likeness (QED) is 0.696. The van der Waals surface area contributed by atoms with Crippen molar-refractivity contribution in [3.63, 3.8) is 0 Å². The number of aliphatic hydroxyl groups excluding tert-OH is 1. The highest BCUT2D eigenvalue weighted by Gasteiger charge is 2.09. The third-order valence-corrected chi connectivity index (χ3v) is 1.72. The summed E-state index contributed by atoms with van der Waals surface area (Å²) in [4.78, 5) is 0. The van der Waals surface area contributed by atoms with Crippen molar-refractivity contribution in [2.75, 3.05) is 13.7 Å². The van der Waals surface area contributed by atoms with Crippen LogP contribution in [0.1, 0.15) is 11.7 Å². The first-order chi connectivity index (χ1) is 5.79. The summed E-state index contributed by atoms with van der Waals surface area (Å²) in [7, 11) is 1.57. The molecular weight excluding hydrogens is 154 g/mol. The lowest BCUT2D eigenvalue weighted by Crippen LogP contribution is -2.12. The molecule has 3 nitrogen and oxygen atoms in total. The average Bonchev–Trinajstić information content (AvgIpc) is 2.16. The van der Waals surface area contributed by atoms with Gasteiger partial charge in [0.2, 0.25) is 0 Å². The fourth-order valence-electron chi connectivity index (χ4n) is 1.07. The standard InChI is InChI=1S/C9H13NO2/c1-12-9-5-3-2-4-7(9)8(11)6-10/h2-5,8,11H,6,10H2,1H3/t8-/m0/s1. The minimum Gasteiger partial charge on any atom is -0.496 e. The van der Waals surface area contributed by atoms with Crippen LogP contribution in [0.25, 0.3) is 0 Å². The number of para-hydroxylation sites is 1. The highest BCUT2D eigenvalue weighted by molar-refractivity contribution is 5.34. The van der Waals surface area contributed by atoms with Gasteiger partial charge in [-0.3, -0.25) is 0 Å². The molecule has 0 aliphatic carbocycles. The van der Waals surface area contributed by atoms with Gasteiger partial charge in [-0.2, -0.15) is 0 Å². The smallest absolute Gasteiger partial charge is 0.124 e. The number of nitrogens with two attached hydrogens (primary N) is 1. The number of ether oxygens (including phenoxy) is 1. The van der Waals surface area contributed by atoms with Crippen LogP contribution >= 0.6 is 0 Å². The van der Waals surface area contributed by atoms with E-state index in [0.29, 0.717) is 5.75 Å². The Morgan fingerprint density at radius 3 is 2.75 bits per heavy atom. The number of hydrogen-bond donors (Lipinski definition) is 2. The van der Waals surface area contributed by atoms with Gasteiger partial charge in [-0.1, -0.05) is 18.2 Å². The van der Waals surface area contributed by atoms with E-state index in [4.69, 9.17) is 10.5 Å². The first-order valence-electron chi connectivity index (χ1n) is 3.80.